The fraction of sp³-hybridized carbons (Fsp3) is 0.267. The molecule has 0 atom stereocenters. The highest BCUT2D eigenvalue weighted by atomic mass is 16.7. The lowest BCUT2D eigenvalue weighted by molar-refractivity contribution is 0.00578. The second-order valence-corrected chi connectivity index (χ2v) is 16.3. The average molecular weight is 713 g/mol. The molecule has 5 aromatic carbocycles. The Morgan fingerprint density at radius 1 is 0.333 bits per heavy atom. The fourth-order valence-corrected chi connectivity index (χ4v) is 6.74. The molecule has 7 nitrogen and oxygen atoms in total. The van der Waals surface area contributed by atoms with Gasteiger partial charge in [0.25, 0.3) is 0 Å². The van der Waals surface area contributed by atoms with E-state index in [4.69, 9.17) is 33.6 Å². The number of hydrogen-bond acceptors (Lipinski definition) is 7. The van der Waals surface area contributed by atoms with Crippen LogP contribution in [0.25, 0.3) is 56.4 Å². The molecule has 0 unspecified atom stereocenters. The minimum Gasteiger partial charge on any atom is -0.399 e. The van der Waals surface area contributed by atoms with Gasteiger partial charge in [0.1, 0.15) is 0 Å². The molecule has 54 heavy (non-hydrogen) atoms. The Morgan fingerprint density at radius 3 is 0.944 bits per heavy atom. The Morgan fingerprint density at radius 2 is 0.611 bits per heavy atom. The Bertz CT molecular complexity index is 2140. The number of rotatable bonds is 7. The predicted octanol–water partition coefficient (Wildman–Crippen LogP) is 8.81. The fourth-order valence-electron chi connectivity index (χ4n) is 6.74. The summed E-state index contributed by atoms with van der Waals surface area (Å²) in [5, 5.41) is 0. The lowest BCUT2D eigenvalue weighted by atomic mass is 9.76. The molecule has 0 bridgehead atoms. The quantitative estimate of drug-likeness (QED) is 0.153. The molecule has 0 aliphatic carbocycles. The standard InChI is InChI=1S/C45H45B2N3O4/c1-42(2)43(3,4)52-46(51-42)37-26-33(30-18-12-9-13-19-30)24-35(28-37)40-48-39(32-22-16-11-17-23-32)49-41(50-40)36-25-34(31-20-14-10-15-21-31)27-38(29-36)47-53-44(5,6)45(7,8)54-47/h9-29H,1-8H3. The van der Waals surface area contributed by atoms with Gasteiger partial charge in [-0.25, -0.2) is 15.0 Å². The summed E-state index contributed by atoms with van der Waals surface area (Å²) in [5.74, 6) is 1.65. The molecular weight excluding hydrogens is 668 g/mol. The van der Waals surface area contributed by atoms with Gasteiger partial charge in [-0.05, 0) is 101 Å². The van der Waals surface area contributed by atoms with E-state index in [0.717, 1.165) is 49.9 Å². The monoisotopic (exact) mass is 713 g/mol. The molecular formula is C45H45B2N3O4. The topological polar surface area (TPSA) is 75.6 Å². The summed E-state index contributed by atoms with van der Waals surface area (Å²) >= 11 is 0. The molecule has 0 spiro atoms. The molecule has 2 aliphatic heterocycles. The molecule has 0 radical (unpaired) electrons. The molecule has 270 valence electrons. The van der Waals surface area contributed by atoms with Gasteiger partial charge in [0.2, 0.25) is 0 Å². The van der Waals surface area contributed by atoms with E-state index in [-0.39, 0.29) is 0 Å². The van der Waals surface area contributed by atoms with Gasteiger partial charge in [0.15, 0.2) is 17.5 Å². The zero-order valence-corrected chi connectivity index (χ0v) is 32.3. The van der Waals surface area contributed by atoms with E-state index < -0.39 is 36.6 Å². The first kappa shape index (κ1) is 36.1. The summed E-state index contributed by atoms with van der Waals surface area (Å²) in [5.41, 5.74) is 6.47. The van der Waals surface area contributed by atoms with Crippen LogP contribution in [0.2, 0.25) is 0 Å². The second-order valence-electron chi connectivity index (χ2n) is 16.3. The summed E-state index contributed by atoms with van der Waals surface area (Å²) in [6, 6.07) is 43.4. The van der Waals surface area contributed by atoms with Crippen molar-refractivity contribution in [2.45, 2.75) is 77.8 Å². The van der Waals surface area contributed by atoms with Crippen LogP contribution in [0.4, 0.5) is 0 Å². The number of nitrogens with zero attached hydrogens (tertiary/aromatic N) is 3. The van der Waals surface area contributed by atoms with Crippen LogP contribution >= 0.6 is 0 Å². The third-order valence-electron chi connectivity index (χ3n) is 11.4. The highest BCUT2D eigenvalue weighted by molar-refractivity contribution is 6.62. The van der Waals surface area contributed by atoms with Crippen molar-refractivity contribution in [2.24, 2.45) is 0 Å². The van der Waals surface area contributed by atoms with Gasteiger partial charge in [0, 0.05) is 16.7 Å². The van der Waals surface area contributed by atoms with Crippen LogP contribution < -0.4 is 10.9 Å². The Balaban J connectivity index is 1.32. The highest BCUT2D eigenvalue weighted by Gasteiger charge is 2.53. The van der Waals surface area contributed by atoms with Crippen molar-refractivity contribution in [3.8, 4) is 56.4 Å². The van der Waals surface area contributed by atoms with E-state index in [9.17, 15) is 0 Å². The molecule has 3 heterocycles. The van der Waals surface area contributed by atoms with Gasteiger partial charge in [-0.3, -0.25) is 0 Å². The molecule has 2 aliphatic rings. The zero-order chi connectivity index (χ0) is 37.9. The van der Waals surface area contributed by atoms with Crippen molar-refractivity contribution in [3.63, 3.8) is 0 Å². The minimum absolute atomic E-state index is 0.500. The predicted molar refractivity (Wildman–Crippen MR) is 218 cm³/mol. The SMILES string of the molecule is CC1(C)OB(c2cc(-c3ccccc3)cc(-c3nc(-c4ccccc4)nc(-c4cc(B5OC(C)(C)C(C)(C)O5)cc(-c5ccccc5)c4)n3)c2)OC1(C)C. The van der Waals surface area contributed by atoms with Crippen LogP contribution in [0.5, 0.6) is 0 Å². The third kappa shape index (κ3) is 6.82. The van der Waals surface area contributed by atoms with Crippen LogP contribution in [0, 0.1) is 0 Å². The number of benzene rings is 5. The van der Waals surface area contributed by atoms with Crippen LogP contribution in [0.3, 0.4) is 0 Å². The lowest BCUT2D eigenvalue weighted by Crippen LogP contribution is -2.41. The van der Waals surface area contributed by atoms with E-state index in [1.165, 1.54) is 0 Å². The summed E-state index contributed by atoms with van der Waals surface area (Å²) in [6.07, 6.45) is 0. The molecule has 0 saturated carbocycles. The van der Waals surface area contributed by atoms with Crippen molar-refractivity contribution in [2.75, 3.05) is 0 Å². The van der Waals surface area contributed by atoms with Gasteiger partial charge >= 0.3 is 14.2 Å². The van der Waals surface area contributed by atoms with Crippen molar-refractivity contribution in [1.82, 2.24) is 15.0 Å². The van der Waals surface area contributed by atoms with E-state index in [2.05, 4.69) is 116 Å². The first-order chi connectivity index (χ1) is 25.7. The van der Waals surface area contributed by atoms with Crippen molar-refractivity contribution >= 4 is 25.2 Å². The molecule has 0 N–H and O–H groups in total. The highest BCUT2D eigenvalue weighted by Crippen LogP contribution is 2.39. The molecule has 9 heteroatoms. The molecule has 2 saturated heterocycles. The van der Waals surface area contributed by atoms with Crippen LogP contribution in [-0.2, 0) is 18.6 Å². The summed E-state index contributed by atoms with van der Waals surface area (Å²) < 4.78 is 26.3. The maximum absolute atomic E-state index is 6.57. The molecule has 6 aromatic rings. The largest absolute Gasteiger partial charge is 0.494 e. The zero-order valence-electron chi connectivity index (χ0n) is 32.3. The smallest absolute Gasteiger partial charge is 0.399 e. The van der Waals surface area contributed by atoms with E-state index in [1.54, 1.807) is 0 Å². The normalized spacial score (nSPS) is 18.2. The summed E-state index contributed by atoms with van der Waals surface area (Å²) in [6.45, 7) is 16.6. The van der Waals surface area contributed by atoms with Crippen molar-refractivity contribution < 1.29 is 18.6 Å². The van der Waals surface area contributed by atoms with Gasteiger partial charge in [-0.15, -0.1) is 0 Å². The van der Waals surface area contributed by atoms with Crippen LogP contribution in [0.1, 0.15) is 55.4 Å². The molecule has 1 aromatic heterocycles. The van der Waals surface area contributed by atoms with Crippen molar-refractivity contribution in [1.29, 1.82) is 0 Å². The van der Waals surface area contributed by atoms with E-state index in [0.29, 0.717) is 17.5 Å². The van der Waals surface area contributed by atoms with Gasteiger partial charge in [-0.1, -0.05) is 115 Å². The van der Waals surface area contributed by atoms with Gasteiger partial charge in [0.05, 0.1) is 22.4 Å². The summed E-state index contributed by atoms with van der Waals surface area (Å²) in [7, 11) is -1.14. The minimum atomic E-state index is -0.572. The van der Waals surface area contributed by atoms with Gasteiger partial charge in [-0.2, -0.15) is 0 Å². The van der Waals surface area contributed by atoms with Crippen molar-refractivity contribution in [3.05, 3.63) is 127 Å². The number of hydrogen-bond donors (Lipinski definition) is 0. The lowest BCUT2D eigenvalue weighted by Gasteiger charge is -2.32. The van der Waals surface area contributed by atoms with E-state index >= 15 is 0 Å². The first-order valence-electron chi connectivity index (χ1n) is 18.6. The maximum atomic E-state index is 6.57. The Hall–Kier alpha value is -4.92. The maximum Gasteiger partial charge on any atom is 0.494 e. The number of aromatic nitrogens is 3. The molecule has 8 rings (SSSR count). The summed E-state index contributed by atoms with van der Waals surface area (Å²) in [4.78, 5) is 15.5. The average Bonchev–Trinajstić information content (AvgIpc) is 3.54. The van der Waals surface area contributed by atoms with Crippen LogP contribution in [0.15, 0.2) is 127 Å². The Labute approximate surface area is 319 Å². The first-order valence-corrected chi connectivity index (χ1v) is 18.6. The third-order valence-corrected chi connectivity index (χ3v) is 11.4. The van der Waals surface area contributed by atoms with Crippen LogP contribution in [-0.4, -0.2) is 51.6 Å². The molecule has 0 amide bonds. The Kier molecular flexibility index (Phi) is 8.97. The molecule has 2 fully saturated rings. The van der Waals surface area contributed by atoms with Gasteiger partial charge < -0.3 is 18.6 Å². The second kappa shape index (κ2) is 13.4. The van der Waals surface area contributed by atoms with E-state index in [1.807, 2.05) is 66.7 Å².